The average molecular weight is 331 g/mol. The normalized spacial score (nSPS) is 19.9. The van der Waals surface area contributed by atoms with Crippen molar-refractivity contribution < 1.29 is 9.59 Å². The highest BCUT2D eigenvalue weighted by atomic mass is 16.2. The Labute approximate surface area is 144 Å². The van der Waals surface area contributed by atoms with E-state index in [-0.39, 0.29) is 11.7 Å². The summed E-state index contributed by atoms with van der Waals surface area (Å²) in [5, 5.41) is 0. The van der Waals surface area contributed by atoms with Gasteiger partial charge < -0.3 is 9.47 Å². The topological polar surface area (TPSA) is 45.6 Å². The summed E-state index contributed by atoms with van der Waals surface area (Å²) < 4.78 is 2.06. The second-order valence-electron chi connectivity index (χ2n) is 7.35. The highest BCUT2D eigenvalue weighted by Gasteiger charge is 2.30. The van der Waals surface area contributed by atoms with Gasteiger partial charge in [0.15, 0.2) is 5.78 Å². The van der Waals surface area contributed by atoms with E-state index in [2.05, 4.69) is 9.47 Å². The summed E-state index contributed by atoms with van der Waals surface area (Å²) in [5.74, 6) is 0.785. The third kappa shape index (κ3) is 3.41. The van der Waals surface area contributed by atoms with Crippen LogP contribution in [0, 0.1) is 19.8 Å². The van der Waals surface area contributed by atoms with E-state index in [0.29, 0.717) is 12.5 Å². The first-order chi connectivity index (χ1) is 11.5. The SMILES string of the molecule is Cc1cc(C(=O)CN2CCN(C(=O)C3CCCC3)CC2)c(C)n1C. The highest BCUT2D eigenvalue weighted by molar-refractivity contribution is 5.99. The highest BCUT2D eigenvalue weighted by Crippen LogP contribution is 2.27. The molecular formula is C19H29N3O2. The maximum Gasteiger partial charge on any atom is 0.225 e. The van der Waals surface area contributed by atoms with Crippen molar-refractivity contribution in [1.82, 2.24) is 14.4 Å². The maximum absolute atomic E-state index is 12.6. The Morgan fingerprint density at radius 3 is 2.25 bits per heavy atom. The number of aromatic nitrogens is 1. The second-order valence-corrected chi connectivity index (χ2v) is 7.35. The molecule has 132 valence electrons. The zero-order valence-electron chi connectivity index (χ0n) is 15.2. The summed E-state index contributed by atoms with van der Waals surface area (Å²) in [4.78, 5) is 29.3. The van der Waals surface area contributed by atoms with E-state index in [1.54, 1.807) is 0 Å². The molecule has 1 aliphatic heterocycles. The van der Waals surface area contributed by atoms with E-state index in [0.717, 1.165) is 56.0 Å². The molecule has 1 aliphatic carbocycles. The third-order valence-corrected chi connectivity index (χ3v) is 5.83. The van der Waals surface area contributed by atoms with Gasteiger partial charge in [0.25, 0.3) is 0 Å². The predicted molar refractivity (Wildman–Crippen MR) is 94.2 cm³/mol. The van der Waals surface area contributed by atoms with Gasteiger partial charge in [-0.3, -0.25) is 14.5 Å². The van der Waals surface area contributed by atoms with Crippen LogP contribution in [-0.4, -0.2) is 58.8 Å². The van der Waals surface area contributed by atoms with E-state index in [4.69, 9.17) is 0 Å². The van der Waals surface area contributed by atoms with Gasteiger partial charge in [0.2, 0.25) is 5.91 Å². The van der Waals surface area contributed by atoms with Gasteiger partial charge in [-0.15, -0.1) is 0 Å². The smallest absolute Gasteiger partial charge is 0.225 e. The first-order valence-electron chi connectivity index (χ1n) is 9.14. The molecule has 24 heavy (non-hydrogen) atoms. The fourth-order valence-corrected chi connectivity index (χ4v) is 3.98. The molecule has 1 aromatic rings. The Balaban J connectivity index is 1.52. The first kappa shape index (κ1) is 17.2. The molecule has 2 fully saturated rings. The molecule has 0 bridgehead atoms. The molecule has 0 radical (unpaired) electrons. The second kappa shape index (κ2) is 7.09. The quantitative estimate of drug-likeness (QED) is 0.794. The van der Waals surface area contributed by atoms with Crippen LogP contribution in [0.3, 0.4) is 0 Å². The number of ketones is 1. The van der Waals surface area contributed by atoms with Crippen molar-refractivity contribution in [2.75, 3.05) is 32.7 Å². The zero-order valence-corrected chi connectivity index (χ0v) is 15.2. The van der Waals surface area contributed by atoms with Crippen molar-refractivity contribution in [1.29, 1.82) is 0 Å². The molecule has 0 spiro atoms. The van der Waals surface area contributed by atoms with Crippen LogP contribution < -0.4 is 0 Å². The summed E-state index contributed by atoms with van der Waals surface area (Å²) in [6, 6.07) is 1.98. The molecule has 1 aromatic heterocycles. The monoisotopic (exact) mass is 331 g/mol. The molecule has 5 nitrogen and oxygen atoms in total. The minimum atomic E-state index is 0.187. The summed E-state index contributed by atoms with van der Waals surface area (Å²) >= 11 is 0. The van der Waals surface area contributed by atoms with Gasteiger partial charge in [0.05, 0.1) is 6.54 Å². The van der Waals surface area contributed by atoms with Crippen LogP contribution >= 0.6 is 0 Å². The van der Waals surface area contributed by atoms with Gasteiger partial charge in [-0.2, -0.15) is 0 Å². The summed E-state index contributed by atoms with van der Waals surface area (Å²) in [5.41, 5.74) is 2.98. The third-order valence-electron chi connectivity index (χ3n) is 5.83. The molecular weight excluding hydrogens is 302 g/mol. The zero-order chi connectivity index (χ0) is 17.3. The Hall–Kier alpha value is -1.62. The van der Waals surface area contributed by atoms with E-state index in [9.17, 15) is 9.59 Å². The van der Waals surface area contributed by atoms with Crippen LogP contribution in [-0.2, 0) is 11.8 Å². The molecule has 0 aromatic carbocycles. The van der Waals surface area contributed by atoms with Gasteiger partial charge in [0.1, 0.15) is 0 Å². The van der Waals surface area contributed by atoms with E-state index < -0.39 is 0 Å². The molecule has 2 heterocycles. The van der Waals surface area contributed by atoms with Gasteiger partial charge >= 0.3 is 0 Å². The number of carbonyl (C=O) groups is 2. The summed E-state index contributed by atoms with van der Waals surface area (Å²) in [6.45, 7) is 7.60. The van der Waals surface area contributed by atoms with E-state index in [1.807, 2.05) is 31.9 Å². The Morgan fingerprint density at radius 1 is 1.08 bits per heavy atom. The molecule has 5 heteroatoms. The molecule has 2 aliphatic rings. The van der Waals surface area contributed by atoms with Gasteiger partial charge in [-0.25, -0.2) is 0 Å². The molecule has 1 saturated heterocycles. The van der Waals surface area contributed by atoms with Crippen LogP contribution in [0.1, 0.15) is 47.4 Å². The summed E-state index contributed by atoms with van der Waals surface area (Å²) in [6.07, 6.45) is 4.51. The number of nitrogens with zero attached hydrogens (tertiary/aromatic N) is 3. The lowest BCUT2D eigenvalue weighted by atomic mass is 10.1. The number of hydrogen-bond donors (Lipinski definition) is 0. The van der Waals surface area contributed by atoms with E-state index in [1.165, 1.54) is 12.8 Å². The van der Waals surface area contributed by atoms with Gasteiger partial charge in [-0.1, -0.05) is 12.8 Å². The van der Waals surface area contributed by atoms with Crippen molar-refractivity contribution in [3.05, 3.63) is 23.0 Å². The van der Waals surface area contributed by atoms with Crippen molar-refractivity contribution in [3.63, 3.8) is 0 Å². The van der Waals surface area contributed by atoms with Crippen LogP contribution in [0.5, 0.6) is 0 Å². The van der Waals surface area contributed by atoms with Crippen LogP contribution in [0.4, 0.5) is 0 Å². The standard InChI is InChI=1S/C19H29N3O2/c1-14-12-17(15(2)20(14)3)18(23)13-21-8-10-22(11-9-21)19(24)16-6-4-5-7-16/h12,16H,4-11,13H2,1-3H3. The molecule has 1 saturated carbocycles. The van der Waals surface area contributed by atoms with Crippen molar-refractivity contribution in [3.8, 4) is 0 Å². The minimum Gasteiger partial charge on any atom is -0.351 e. The lowest BCUT2D eigenvalue weighted by Crippen LogP contribution is -2.51. The van der Waals surface area contributed by atoms with Crippen molar-refractivity contribution in [2.45, 2.75) is 39.5 Å². The number of amides is 1. The molecule has 0 N–H and O–H groups in total. The number of carbonyl (C=O) groups excluding carboxylic acids is 2. The van der Waals surface area contributed by atoms with Crippen LogP contribution in [0.25, 0.3) is 0 Å². The molecule has 1 amide bonds. The Bertz CT molecular complexity index is 621. The fraction of sp³-hybridized carbons (Fsp3) is 0.684. The first-order valence-corrected chi connectivity index (χ1v) is 9.14. The summed E-state index contributed by atoms with van der Waals surface area (Å²) in [7, 11) is 1.99. The number of rotatable bonds is 4. The lowest BCUT2D eigenvalue weighted by molar-refractivity contribution is -0.137. The molecule has 3 rings (SSSR count). The van der Waals surface area contributed by atoms with Gasteiger partial charge in [0, 0.05) is 56.1 Å². The van der Waals surface area contributed by atoms with Crippen LogP contribution in [0.2, 0.25) is 0 Å². The minimum absolute atomic E-state index is 0.187. The number of aryl methyl sites for hydroxylation is 1. The maximum atomic E-state index is 12.6. The van der Waals surface area contributed by atoms with Gasteiger partial charge in [-0.05, 0) is 32.8 Å². The lowest BCUT2D eigenvalue weighted by Gasteiger charge is -2.35. The number of hydrogen-bond acceptors (Lipinski definition) is 3. The molecule has 0 unspecified atom stereocenters. The Morgan fingerprint density at radius 2 is 1.71 bits per heavy atom. The van der Waals surface area contributed by atoms with Crippen molar-refractivity contribution in [2.24, 2.45) is 13.0 Å². The average Bonchev–Trinajstić information content (AvgIpc) is 3.20. The predicted octanol–water partition coefficient (Wildman–Crippen LogP) is 2.16. The number of Topliss-reactive ketones (excluding diaryl/α,β-unsaturated/α-hetero) is 1. The van der Waals surface area contributed by atoms with Crippen LogP contribution in [0.15, 0.2) is 6.07 Å². The largest absolute Gasteiger partial charge is 0.351 e. The number of piperazine rings is 1. The van der Waals surface area contributed by atoms with Crippen molar-refractivity contribution >= 4 is 11.7 Å². The Kier molecular flexibility index (Phi) is 5.09. The van der Waals surface area contributed by atoms with E-state index >= 15 is 0 Å². The molecule has 0 atom stereocenters. The fourth-order valence-electron chi connectivity index (χ4n) is 3.98.